The van der Waals surface area contributed by atoms with Gasteiger partial charge in [0.15, 0.2) is 0 Å². The largest absolute Gasteiger partial charge is 0.303 e. The Morgan fingerprint density at radius 1 is 0.833 bits per heavy atom. The number of hydrogen-bond acceptors (Lipinski definition) is 1. The van der Waals surface area contributed by atoms with Gasteiger partial charge in [0.2, 0.25) is 0 Å². The van der Waals surface area contributed by atoms with Crippen molar-refractivity contribution in [3.05, 3.63) is 33.4 Å². The van der Waals surface area contributed by atoms with E-state index in [1.54, 1.807) is 0 Å². The van der Waals surface area contributed by atoms with E-state index in [0.717, 1.165) is 19.1 Å². The van der Waals surface area contributed by atoms with Gasteiger partial charge >= 0.3 is 0 Å². The highest BCUT2D eigenvalue weighted by molar-refractivity contribution is 14.1. The number of carbonyl (C=O) groups is 1. The Labute approximate surface area is 125 Å². The van der Waals surface area contributed by atoms with Crippen LogP contribution in [-0.2, 0) is 11.2 Å². The molecular formula is C16H23IO. The lowest BCUT2D eigenvalue weighted by molar-refractivity contribution is -0.107. The smallest absolute Gasteiger partial charge is 0.119 e. The zero-order valence-corrected chi connectivity index (χ0v) is 13.2. The van der Waals surface area contributed by atoms with Crippen molar-refractivity contribution in [2.75, 3.05) is 0 Å². The van der Waals surface area contributed by atoms with Crippen LogP contribution >= 0.6 is 22.6 Å². The summed E-state index contributed by atoms with van der Waals surface area (Å²) in [6.45, 7) is 0. The van der Waals surface area contributed by atoms with Gasteiger partial charge in [0.05, 0.1) is 0 Å². The molecule has 0 aliphatic carbocycles. The number of aryl methyl sites for hydroxylation is 1. The molecule has 0 fully saturated rings. The molecule has 0 N–H and O–H groups in total. The molecular weight excluding hydrogens is 335 g/mol. The Morgan fingerprint density at radius 2 is 1.39 bits per heavy atom. The highest BCUT2D eigenvalue weighted by atomic mass is 127. The fraction of sp³-hybridized carbons (Fsp3) is 0.562. The maximum Gasteiger partial charge on any atom is 0.119 e. The third-order valence-corrected chi connectivity index (χ3v) is 3.92. The van der Waals surface area contributed by atoms with E-state index in [1.807, 2.05) is 0 Å². The quantitative estimate of drug-likeness (QED) is 0.321. The fourth-order valence-corrected chi connectivity index (χ4v) is 2.45. The third-order valence-electron chi connectivity index (χ3n) is 3.20. The number of benzene rings is 1. The van der Waals surface area contributed by atoms with Crippen LogP contribution in [0, 0.1) is 3.57 Å². The van der Waals surface area contributed by atoms with E-state index in [4.69, 9.17) is 0 Å². The maximum atomic E-state index is 10.1. The lowest BCUT2D eigenvalue weighted by Crippen LogP contribution is -1.87. The first-order valence-corrected chi connectivity index (χ1v) is 8.09. The van der Waals surface area contributed by atoms with Crippen molar-refractivity contribution in [1.82, 2.24) is 0 Å². The minimum absolute atomic E-state index is 0.743. The minimum Gasteiger partial charge on any atom is -0.303 e. The van der Waals surface area contributed by atoms with Crippen molar-refractivity contribution in [3.63, 3.8) is 0 Å². The standard InChI is InChI=1S/C16H23IO/c17-16-12-10-15(11-13-16)9-7-5-3-1-2-4-6-8-14-18/h10-14H,1-9H2. The molecule has 2 heteroatoms. The molecule has 0 unspecified atom stereocenters. The Hall–Kier alpha value is -0.380. The zero-order chi connectivity index (χ0) is 13.1. The second-order valence-electron chi connectivity index (χ2n) is 4.81. The molecule has 0 aliphatic rings. The van der Waals surface area contributed by atoms with Crippen LogP contribution in [0.2, 0.25) is 0 Å². The number of carbonyl (C=O) groups excluding carboxylic acids is 1. The Morgan fingerprint density at radius 3 is 2.00 bits per heavy atom. The van der Waals surface area contributed by atoms with Gasteiger partial charge in [-0.3, -0.25) is 0 Å². The third kappa shape index (κ3) is 7.85. The molecule has 0 atom stereocenters. The molecule has 0 spiro atoms. The molecule has 0 aromatic heterocycles. The van der Waals surface area contributed by atoms with Crippen LogP contribution in [0.25, 0.3) is 0 Å². The van der Waals surface area contributed by atoms with Crippen LogP contribution in [-0.4, -0.2) is 6.29 Å². The van der Waals surface area contributed by atoms with Crippen molar-refractivity contribution in [2.45, 2.75) is 57.8 Å². The van der Waals surface area contributed by atoms with Crippen LogP contribution in [0.3, 0.4) is 0 Å². The average molecular weight is 358 g/mol. The summed E-state index contributed by atoms with van der Waals surface area (Å²) in [5, 5.41) is 0. The normalized spacial score (nSPS) is 10.5. The molecule has 1 aromatic carbocycles. The van der Waals surface area contributed by atoms with E-state index in [0.29, 0.717) is 0 Å². The number of aldehydes is 1. The van der Waals surface area contributed by atoms with Crippen molar-refractivity contribution in [2.24, 2.45) is 0 Å². The summed E-state index contributed by atoms with van der Waals surface area (Å²) in [6, 6.07) is 8.84. The van der Waals surface area contributed by atoms with Gasteiger partial charge in [0.1, 0.15) is 6.29 Å². The van der Waals surface area contributed by atoms with Gasteiger partial charge in [-0.15, -0.1) is 0 Å². The fourth-order valence-electron chi connectivity index (χ4n) is 2.09. The van der Waals surface area contributed by atoms with Crippen molar-refractivity contribution >= 4 is 28.9 Å². The molecule has 0 saturated heterocycles. The summed E-state index contributed by atoms with van der Waals surface area (Å²) < 4.78 is 1.31. The summed E-state index contributed by atoms with van der Waals surface area (Å²) in [7, 11) is 0. The number of hydrogen-bond donors (Lipinski definition) is 0. The predicted octanol–water partition coefficient (Wildman–Crippen LogP) is 5.15. The van der Waals surface area contributed by atoms with E-state index < -0.39 is 0 Å². The molecule has 0 radical (unpaired) electrons. The van der Waals surface area contributed by atoms with Crippen LogP contribution in [0.4, 0.5) is 0 Å². The molecule has 0 amide bonds. The van der Waals surface area contributed by atoms with E-state index >= 15 is 0 Å². The summed E-state index contributed by atoms with van der Waals surface area (Å²) in [5.74, 6) is 0. The van der Waals surface area contributed by atoms with Crippen LogP contribution < -0.4 is 0 Å². The molecule has 0 saturated carbocycles. The molecule has 1 nitrogen and oxygen atoms in total. The van der Waals surface area contributed by atoms with Gasteiger partial charge in [-0.2, -0.15) is 0 Å². The first kappa shape index (κ1) is 15.7. The monoisotopic (exact) mass is 358 g/mol. The van der Waals surface area contributed by atoms with Gasteiger partial charge < -0.3 is 4.79 Å². The Bertz CT molecular complexity index is 318. The molecule has 1 aromatic rings. The first-order chi connectivity index (χ1) is 8.83. The summed E-state index contributed by atoms with van der Waals surface area (Å²) in [6.07, 6.45) is 11.9. The topological polar surface area (TPSA) is 17.1 Å². The minimum atomic E-state index is 0.743. The predicted molar refractivity (Wildman–Crippen MR) is 85.9 cm³/mol. The van der Waals surface area contributed by atoms with E-state index in [-0.39, 0.29) is 0 Å². The Kier molecular flexibility index (Phi) is 9.17. The number of rotatable bonds is 10. The van der Waals surface area contributed by atoms with Crippen molar-refractivity contribution in [1.29, 1.82) is 0 Å². The van der Waals surface area contributed by atoms with Gasteiger partial charge in [-0.05, 0) is 59.5 Å². The summed E-state index contributed by atoms with van der Waals surface area (Å²) in [4.78, 5) is 10.1. The first-order valence-electron chi connectivity index (χ1n) is 7.01. The van der Waals surface area contributed by atoms with Crippen molar-refractivity contribution in [3.8, 4) is 0 Å². The molecule has 1 rings (SSSR count). The van der Waals surface area contributed by atoms with Crippen LogP contribution in [0.15, 0.2) is 24.3 Å². The van der Waals surface area contributed by atoms with Crippen molar-refractivity contribution < 1.29 is 4.79 Å². The van der Waals surface area contributed by atoms with Gasteiger partial charge in [-0.25, -0.2) is 0 Å². The lowest BCUT2D eigenvalue weighted by atomic mass is 10.0. The molecule has 0 heterocycles. The highest BCUT2D eigenvalue weighted by Gasteiger charge is 1.95. The van der Waals surface area contributed by atoms with Crippen LogP contribution in [0.1, 0.15) is 56.9 Å². The van der Waals surface area contributed by atoms with Crippen LogP contribution in [0.5, 0.6) is 0 Å². The van der Waals surface area contributed by atoms with E-state index in [1.165, 1.54) is 54.1 Å². The summed E-state index contributed by atoms with van der Waals surface area (Å²) in [5.41, 5.74) is 1.46. The maximum absolute atomic E-state index is 10.1. The Balaban J connectivity index is 1.92. The number of halogens is 1. The molecule has 0 aliphatic heterocycles. The lowest BCUT2D eigenvalue weighted by Gasteiger charge is -2.02. The number of unbranched alkanes of at least 4 members (excludes halogenated alkanes) is 7. The second-order valence-corrected chi connectivity index (χ2v) is 6.05. The SMILES string of the molecule is O=CCCCCCCCCCc1ccc(I)cc1. The van der Waals surface area contributed by atoms with E-state index in [9.17, 15) is 4.79 Å². The highest BCUT2D eigenvalue weighted by Crippen LogP contribution is 2.12. The molecule has 100 valence electrons. The second kappa shape index (κ2) is 10.5. The average Bonchev–Trinajstić information content (AvgIpc) is 2.39. The van der Waals surface area contributed by atoms with Gasteiger partial charge in [-0.1, -0.05) is 44.2 Å². The van der Waals surface area contributed by atoms with Gasteiger partial charge in [0.25, 0.3) is 0 Å². The summed E-state index contributed by atoms with van der Waals surface area (Å²) >= 11 is 2.34. The molecule has 0 bridgehead atoms. The van der Waals surface area contributed by atoms with E-state index in [2.05, 4.69) is 46.9 Å². The zero-order valence-electron chi connectivity index (χ0n) is 11.0. The molecule has 18 heavy (non-hydrogen) atoms. The van der Waals surface area contributed by atoms with Gasteiger partial charge in [0, 0.05) is 9.99 Å².